The largest absolute Gasteiger partial charge is 0.514 e. The molecule has 3 atom stereocenters. The number of amides is 1. The van der Waals surface area contributed by atoms with Crippen LogP contribution in [0.5, 0.6) is 0 Å². The first-order valence-electron chi connectivity index (χ1n) is 8.52. The van der Waals surface area contributed by atoms with Crippen molar-refractivity contribution in [3.8, 4) is 0 Å². The Balaban J connectivity index is 2.33. The second-order valence-corrected chi connectivity index (χ2v) is 9.86. The van der Waals surface area contributed by atoms with Crippen molar-refractivity contribution in [2.75, 3.05) is 6.54 Å². The van der Waals surface area contributed by atoms with Crippen LogP contribution in [0.1, 0.15) is 45.2 Å². The summed E-state index contributed by atoms with van der Waals surface area (Å²) in [4.78, 5) is 12.3. The molecule has 1 aromatic rings. The maximum Gasteiger partial charge on any atom is 0.514 e. The molecule has 6 nitrogen and oxygen atoms in total. The number of hydrogen-bond acceptors (Lipinski definition) is 3. The first-order valence-corrected chi connectivity index (χ1v) is 10.0. The molecule has 0 spiro atoms. The highest BCUT2D eigenvalue weighted by Gasteiger charge is 2.58. The van der Waals surface area contributed by atoms with E-state index in [1.54, 1.807) is 19.1 Å². The molecule has 1 saturated heterocycles. The van der Waals surface area contributed by atoms with Crippen LogP contribution in [0.15, 0.2) is 23.1 Å². The minimum Gasteiger partial charge on any atom is -0.435 e. The highest BCUT2D eigenvalue weighted by atomic mass is 32.2. The van der Waals surface area contributed by atoms with Crippen molar-refractivity contribution in [3.63, 3.8) is 0 Å². The SMILES string of the molecule is Cc1ccc(C)c(S(=O)(=O)N[C@@H]2C[C@H](C)[N+](C(=O)O)(C(C)(C)C)C2)c1. The van der Waals surface area contributed by atoms with Gasteiger partial charge in [0.15, 0.2) is 0 Å². The van der Waals surface area contributed by atoms with E-state index in [0.717, 1.165) is 5.56 Å². The Hall–Kier alpha value is -1.44. The van der Waals surface area contributed by atoms with E-state index in [-0.39, 0.29) is 22.0 Å². The summed E-state index contributed by atoms with van der Waals surface area (Å²) >= 11 is 0. The number of carboxylic acid groups (broad SMARTS) is 1. The quantitative estimate of drug-likeness (QED) is 0.802. The molecule has 25 heavy (non-hydrogen) atoms. The highest BCUT2D eigenvalue weighted by molar-refractivity contribution is 7.89. The number of aryl methyl sites for hydroxylation is 2. The van der Waals surface area contributed by atoms with Gasteiger partial charge in [-0.1, -0.05) is 12.1 Å². The van der Waals surface area contributed by atoms with Gasteiger partial charge in [0.2, 0.25) is 10.0 Å². The van der Waals surface area contributed by atoms with Crippen molar-refractivity contribution in [1.82, 2.24) is 4.72 Å². The minimum absolute atomic E-state index is 0.146. The minimum atomic E-state index is -3.69. The van der Waals surface area contributed by atoms with E-state index < -0.39 is 27.7 Å². The summed E-state index contributed by atoms with van der Waals surface area (Å²) in [7, 11) is -3.69. The molecule has 0 saturated carbocycles. The third kappa shape index (κ3) is 3.45. The first kappa shape index (κ1) is 19.9. The normalized spacial score (nSPS) is 27.4. The summed E-state index contributed by atoms with van der Waals surface area (Å²) in [5, 5.41) is 9.88. The lowest BCUT2D eigenvalue weighted by Crippen LogP contribution is -2.65. The molecule has 1 fully saturated rings. The Labute approximate surface area is 150 Å². The zero-order valence-electron chi connectivity index (χ0n) is 15.8. The molecule has 140 valence electrons. The lowest BCUT2D eigenvalue weighted by molar-refractivity contribution is -0.913. The number of likely N-dealkylation sites (tertiary alicyclic amines) is 1. The van der Waals surface area contributed by atoms with Gasteiger partial charge in [0, 0.05) is 6.42 Å². The summed E-state index contributed by atoms with van der Waals surface area (Å²) in [6, 6.07) is 4.73. The number of sulfonamides is 1. The van der Waals surface area contributed by atoms with Crippen LogP contribution in [0, 0.1) is 13.8 Å². The average molecular weight is 370 g/mol. The molecular weight excluding hydrogens is 340 g/mol. The van der Waals surface area contributed by atoms with E-state index in [9.17, 15) is 18.3 Å². The number of rotatable bonds is 3. The van der Waals surface area contributed by atoms with Crippen molar-refractivity contribution in [2.45, 2.75) is 70.5 Å². The molecule has 0 radical (unpaired) electrons. The number of hydrogen-bond donors (Lipinski definition) is 2. The van der Waals surface area contributed by atoms with Gasteiger partial charge in [0.25, 0.3) is 0 Å². The van der Waals surface area contributed by atoms with Crippen LogP contribution in [0.4, 0.5) is 4.79 Å². The van der Waals surface area contributed by atoms with Crippen molar-refractivity contribution >= 4 is 16.1 Å². The van der Waals surface area contributed by atoms with Gasteiger partial charge < -0.3 is 5.11 Å². The van der Waals surface area contributed by atoms with Crippen LogP contribution in [0.25, 0.3) is 0 Å². The molecule has 1 amide bonds. The molecule has 2 rings (SSSR count). The summed E-state index contributed by atoms with van der Waals surface area (Å²) in [5.41, 5.74) is 1.03. The Morgan fingerprint density at radius 1 is 1.28 bits per heavy atom. The first-order chi connectivity index (χ1) is 11.3. The maximum atomic E-state index is 12.8. The van der Waals surface area contributed by atoms with Gasteiger partial charge in [-0.25, -0.2) is 17.6 Å². The van der Waals surface area contributed by atoms with E-state index in [1.165, 1.54) is 0 Å². The number of benzene rings is 1. The molecule has 1 aromatic carbocycles. The zero-order chi connectivity index (χ0) is 19.2. The fourth-order valence-corrected chi connectivity index (χ4v) is 5.62. The molecule has 0 aromatic heterocycles. The molecule has 1 heterocycles. The molecular formula is C18H29N2O4S+. The molecule has 0 aliphatic carbocycles. The summed E-state index contributed by atoms with van der Waals surface area (Å²) in [5.74, 6) is 0. The van der Waals surface area contributed by atoms with E-state index in [4.69, 9.17) is 0 Å². The van der Waals surface area contributed by atoms with E-state index >= 15 is 0 Å². The van der Waals surface area contributed by atoms with Crippen molar-refractivity contribution < 1.29 is 22.8 Å². The number of carbonyl (C=O) groups is 1. The standard InChI is InChI=1S/C18H28N2O4S/c1-12-7-8-13(2)16(9-12)25(23,24)19-15-10-14(3)20(11-15,17(21)22)18(4,5)6/h7-9,14-15,19H,10-11H2,1-6H3/p+1/t14-,15+,20?/m0/s1. The Morgan fingerprint density at radius 3 is 2.36 bits per heavy atom. The van der Waals surface area contributed by atoms with Gasteiger partial charge in [-0.05, 0) is 58.7 Å². The highest BCUT2D eigenvalue weighted by Crippen LogP contribution is 2.37. The fourth-order valence-electron chi connectivity index (χ4n) is 4.05. The Morgan fingerprint density at radius 2 is 1.88 bits per heavy atom. The number of nitrogens with one attached hydrogen (secondary N) is 1. The third-order valence-electron chi connectivity index (χ3n) is 5.38. The number of quaternary nitrogens is 1. The fraction of sp³-hybridized carbons (Fsp3) is 0.611. The summed E-state index contributed by atoms with van der Waals surface area (Å²) < 4.78 is 28.3. The Kier molecular flexibility index (Phi) is 5.07. The van der Waals surface area contributed by atoms with Crippen LogP contribution < -0.4 is 4.72 Å². The predicted molar refractivity (Wildman–Crippen MR) is 97.0 cm³/mol. The average Bonchev–Trinajstić information content (AvgIpc) is 2.77. The maximum absolute atomic E-state index is 12.8. The van der Waals surface area contributed by atoms with Crippen LogP contribution in [-0.2, 0) is 10.0 Å². The molecule has 1 unspecified atom stereocenters. The smallest absolute Gasteiger partial charge is 0.435 e. The lowest BCUT2D eigenvalue weighted by Gasteiger charge is -2.43. The van der Waals surface area contributed by atoms with E-state index in [2.05, 4.69) is 4.72 Å². The molecule has 7 heteroatoms. The molecule has 2 N–H and O–H groups in total. The van der Waals surface area contributed by atoms with E-state index in [1.807, 2.05) is 40.7 Å². The van der Waals surface area contributed by atoms with Crippen LogP contribution in [0.3, 0.4) is 0 Å². The summed E-state index contributed by atoms with van der Waals surface area (Å²) in [6.45, 7) is 11.4. The lowest BCUT2D eigenvalue weighted by atomic mass is 10.0. The number of nitrogens with zero attached hydrogens (tertiary/aromatic N) is 1. The molecule has 1 aliphatic rings. The van der Waals surface area contributed by atoms with Gasteiger partial charge >= 0.3 is 6.09 Å². The molecule has 1 aliphatic heterocycles. The topological polar surface area (TPSA) is 83.5 Å². The van der Waals surface area contributed by atoms with Crippen LogP contribution in [0.2, 0.25) is 0 Å². The zero-order valence-corrected chi connectivity index (χ0v) is 16.6. The van der Waals surface area contributed by atoms with Crippen molar-refractivity contribution in [1.29, 1.82) is 0 Å². The van der Waals surface area contributed by atoms with Crippen molar-refractivity contribution in [2.24, 2.45) is 0 Å². The van der Waals surface area contributed by atoms with Crippen LogP contribution in [-0.4, -0.2) is 48.3 Å². The van der Waals surface area contributed by atoms with Crippen LogP contribution >= 0.6 is 0 Å². The van der Waals surface area contributed by atoms with Crippen molar-refractivity contribution in [3.05, 3.63) is 29.3 Å². The summed E-state index contributed by atoms with van der Waals surface area (Å²) in [6.07, 6.45) is -0.415. The van der Waals surface area contributed by atoms with E-state index in [0.29, 0.717) is 12.0 Å². The van der Waals surface area contributed by atoms with Gasteiger partial charge in [-0.15, -0.1) is 0 Å². The van der Waals surface area contributed by atoms with Gasteiger partial charge in [0.1, 0.15) is 12.1 Å². The second kappa shape index (κ2) is 6.37. The van der Waals surface area contributed by atoms with Gasteiger partial charge in [-0.3, -0.25) is 0 Å². The van der Waals surface area contributed by atoms with Gasteiger partial charge in [0.05, 0.1) is 17.0 Å². The second-order valence-electron chi connectivity index (χ2n) is 8.18. The molecule has 0 bridgehead atoms. The predicted octanol–water partition coefficient (Wildman–Crippen LogP) is 3.04. The van der Waals surface area contributed by atoms with Gasteiger partial charge in [-0.2, -0.15) is 4.79 Å². The third-order valence-corrected chi connectivity index (χ3v) is 7.04. The Bertz CT molecular complexity index is 783. The monoisotopic (exact) mass is 369 g/mol.